The summed E-state index contributed by atoms with van der Waals surface area (Å²) in [6.07, 6.45) is 1.93. The van der Waals surface area contributed by atoms with E-state index in [4.69, 9.17) is 9.84 Å². The minimum atomic E-state index is -0.849. The Morgan fingerprint density at radius 1 is 1.48 bits per heavy atom. The van der Waals surface area contributed by atoms with Crippen molar-refractivity contribution >= 4 is 11.9 Å². The van der Waals surface area contributed by atoms with Crippen LogP contribution in [0.25, 0.3) is 0 Å². The smallest absolute Gasteiger partial charge is 0.317 e. The zero-order chi connectivity index (χ0) is 15.6. The number of morpholine rings is 1. The number of rotatable bonds is 6. The maximum Gasteiger partial charge on any atom is 0.317 e. The van der Waals surface area contributed by atoms with E-state index in [1.807, 2.05) is 4.90 Å². The number of ether oxygens (including phenoxy) is 1. The first kappa shape index (κ1) is 16.2. The summed E-state index contributed by atoms with van der Waals surface area (Å²) in [5.74, 6) is -0.440. The van der Waals surface area contributed by atoms with Gasteiger partial charge in [0.1, 0.15) is 0 Å². The van der Waals surface area contributed by atoms with Crippen LogP contribution in [-0.4, -0.2) is 72.7 Å². The standard InChI is InChI=1S/C15H26N2O4/c1-4-15(2)7-12(15)14(20)17-5-6-21-11(9-17)8-16(3)10-13(18)19/h11-12H,4-10H2,1-3H3,(H,18,19). The lowest BCUT2D eigenvalue weighted by Gasteiger charge is -2.35. The van der Waals surface area contributed by atoms with Gasteiger partial charge in [-0.05, 0) is 25.3 Å². The van der Waals surface area contributed by atoms with Crippen molar-refractivity contribution in [1.29, 1.82) is 0 Å². The van der Waals surface area contributed by atoms with Gasteiger partial charge in [0, 0.05) is 25.6 Å². The van der Waals surface area contributed by atoms with Gasteiger partial charge in [-0.25, -0.2) is 0 Å². The molecule has 2 rings (SSSR count). The molecule has 1 aliphatic heterocycles. The fraction of sp³-hybridized carbons (Fsp3) is 0.867. The highest BCUT2D eigenvalue weighted by molar-refractivity contribution is 5.82. The Morgan fingerprint density at radius 2 is 2.19 bits per heavy atom. The molecule has 120 valence electrons. The molecular weight excluding hydrogens is 272 g/mol. The lowest BCUT2D eigenvalue weighted by molar-refractivity contribution is -0.143. The molecule has 2 fully saturated rings. The largest absolute Gasteiger partial charge is 0.480 e. The predicted octanol–water partition coefficient (Wildman–Crippen LogP) is 0.666. The van der Waals surface area contributed by atoms with Gasteiger partial charge in [0.25, 0.3) is 0 Å². The summed E-state index contributed by atoms with van der Waals surface area (Å²) in [7, 11) is 1.76. The van der Waals surface area contributed by atoms with Crippen LogP contribution in [0.2, 0.25) is 0 Å². The highest BCUT2D eigenvalue weighted by Gasteiger charge is 2.54. The number of aliphatic carboxylic acids is 1. The van der Waals surface area contributed by atoms with Crippen LogP contribution in [0.3, 0.4) is 0 Å². The van der Waals surface area contributed by atoms with E-state index in [2.05, 4.69) is 13.8 Å². The molecule has 0 aromatic rings. The van der Waals surface area contributed by atoms with Crippen LogP contribution >= 0.6 is 0 Å². The van der Waals surface area contributed by atoms with Crippen LogP contribution in [0.5, 0.6) is 0 Å². The molecule has 1 amide bonds. The van der Waals surface area contributed by atoms with Gasteiger partial charge in [0.05, 0.1) is 19.3 Å². The molecule has 0 aromatic carbocycles. The van der Waals surface area contributed by atoms with E-state index < -0.39 is 5.97 Å². The number of likely N-dealkylation sites (N-methyl/N-ethyl adjacent to an activating group) is 1. The normalized spacial score (nSPS) is 32.3. The average molecular weight is 298 g/mol. The molecule has 1 saturated heterocycles. The summed E-state index contributed by atoms with van der Waals surface area (Å²) in [5, 5.41) is 8.77. The summed E-state index contributed by atoms with van der Waals surface area (Å²) in [6, 6.07) is 0. The zero-order valence-electron chi connectivity index (χ0n) is 13.2. The third-order valence-electron chi connectivity index (χ3n) is 4.83. The van der Waals surface area contributed by atoms with Gasteiger partial charge < -0.3 is 14.7 Å². The van der Waals surface area contributed by atoms with E-state index in [1.54, 1.807) is 11.9 Å². The van der Waals surface area contributed by atoms with Crippen LogP contribution < -0.4 is 0 Å². The molecule has 1 saturated carbocycles. The molecule has 3 atom stereocenters. The summed E-state index contributed by atoms with van der Waals surface area (Å²) >= 11 is 0. The Labute approximate surface area is 126 Å². The van der Waals surface area contributed by atoms with Crippen LogP contribution in [0.15, 0.2) is 0 Å². The molecule has 1 N–H and O–H groups in total. The molecule has 2 aliphatic rings. The Morgan fingerprint density at radius 3 is 2.76 bits per heavy atom. The van der Waals surface area contributed by atoms with E-state index >= 15 is 0 Å². The molecule has 0 spiro atoms. The SMILES string of the molecule is CCC1(C)CC1C(=O)N1CCOC(CN(C)CC(=O)O)C1. The molecule has 0 aromatic heterocycles. The van der Waals surface area contributed by atoms with Crippen LogP contribution in [0.4, 0.5) is 0 Å². The van der Waals surface area contributed by atoms with Gasteiger partial charge in [-0.1, -0.05) is 13.8 Å². The summed E-state index contributed by atoms with van der Waals surface area (Å²) in [5.41, 5.74) is 0.185. The van der Waals surface area contributed by atoms with Crippen molar-refractivity contribution in [2.75, 3.05) is 39.8 Å². The fourth-order valence-corrected chi connectivity index (χ4v) is 3.08. The van der Waals surface area contributed by atoms with Crippen molar-refractivity contribution in [1.82, 2.24) is 9.80 Å². The monoisotopic (exact) mass is 298 g/mol. The lowest BCUT2D eigenvalue weighted by Crippen LogP contribution is -2.50. The van der Waals surface area contributed by atoms with Gasteiger partial charge in [-0.2, -0.15) is 0 Å². The van der Waals surface area contributed by atoms with E-state index in [-0.39, 0.29) is 29.9 Å². The number of carboxylic acids is 1. The van der Waals surface area contributed by atoms with E-state index in [9.17, 15) is 9.59 Å². The van der Waals surface area contributed by atoms with Crippen LogP contribution in [-0.2, 0) is 14.3 Å². The summed E-state index contributed by atoms with van der Waals surface area (Å²) < 4.78 is 5.66. The fourth-order valence-electron chi connectivity index (χ4n) is 3.08. The van der Waals surface area contributed by atoms with Crippen molar-refractivity contribution in [2.24, 2.45) is 11.3 Å². The van der Waals surface area contributed by atoms with Crippen molar-refractivity contribution in [2.45, 2.75) is 32.8 Å². The summed E-state index contributed by atoms with van der Waals surface area (Å²) in [6.45, 7) is 6.58. The number of carbonyl (C=O) groups excluding carboxylic acids is 1. The maximum absolute atomic E-state index is 12.5. The zero-order valence-corrected chi connectivity index (χ0v) is 13.2. The Balaban J connectivity index is 1.84. The third kappa shape index (κ3) is 3.95. The van der Waals surface area contributed by atoms with E-state index in [0.29, 0.717) is 26.2 Å². The molecule has 6 nitrogen and oxygen atoms in total. The van der Waals surface area contributed by atoms with Crippen LogP contribution in [0.1, 0.15) is 26.7 Å². The van der Waals surface area contributed by atoms with Gasteiger partial charge in [0.15, 0.2) is 0 Å². The number of amides is 1. The number of hydrogen-bond acceptors (Lipinski definition) is 4. The molecule has 1 heterocycles. The molecule has 1 aliphatic carbocycles. The molecule has 3 unspecified atom stereocenters. The molecular formula is C15H26N2O4. The second-order valence-corrected chi connectivity index (χ2v) is 6.63. The highest BCUT2D eigenvalue weighted by atomic mass is 16.5. The number of hydrogen-bond donors (Lipinski definition) is 1. The quantitative estimate of drug-likeness (QED) is 0.780. The summed E-state index contributed by atoms with van der Waals surface area (Å²) in [4.78, 5) is 26.8. The Kier molecular flexibility index (Phi) is 4.88. The second kappa shape index (κ2) is 6.32. The molecule has 0 radical (unpaired) electrons. The van der Waals surface area contributed by atoms with Gasteiger partial charge in [-0.3, -0.25) is 14.5 Å². The minimum Gasteiger partial charge on any atom is -0.480 e. The van der Waals surface area contributed by atoms with Crippen LogP contribution in [0, 0.1) is 11.3 Å². The topological polar surface area (TPSA) is 70.1 Å². The van der Waals surface area contributed by atoms with Crippen molar-refractivity contribution in [3.05, 3.63) is 0 Å². The predicted molar refractivity (Wildman–Crippen MR) is 78.0 cm³/mol. The minimum absolute atomic E-state index is 0.00959. The Hall–Kier alpha value is -1.14. The number of nitrogens with zero attached hydrogens (tertiary/aromatic N) is 2. The van der Waals surface area contributed by atoms with E-state index in [0.717, 1.165) is 12.8 Å². The first-order valence-corrected chi connectivity index (χ1v) is 7.66. The van der Waals surface area contributed by atoms with Crippen molar-refractivity contribution < 1.29 is 19.4 Å². The number of carboxylic acid groups (broad SMARTS) is 1. The first-order chi connectivity index (χ1) is 9.85. The third-order valence-corrected chi connectivity index (χ3v) is 4.83. The Bertz CT molecular complexity index is 414. The first-order valence-electron chi connectivity index (χ1n) is 7.66. The molecule has 21 heavy (non-hydrogen) atoms. The van der Waals surface area contributed by atoms with Gasteiger partial charge in [0.2, 0.25) is 5.91 Å². The highest BCUT2D eigenvalue weighted by Crippen LogP contribution is 2.55. The maximum atomic E-state index is 12.5. The molecule has 0 bridgehead atoms. The second-order valence-electron chi connectivity index (χ2n) is 6.63. The average Bonchev–Trinajstić information content (AvgIpc) is 3.10. The van der Waals surface area contributed by atoms with Gasteiger partial charge in [-0.15, -0.1) is 0 Å². The molecule has 6 heteroatoms. The lowest BCUT2D eigenvalue weighted by atomic mass is 10.0. The number of carbonyl (C=O) groups is 2. The van der Waals surface area contributed by atoms with Crippen molar-refractivity contribution in [3.63, 3.8) is 0 Å². The van der Waals surface area contributed by atoms with Gasteiger partial charge >= 0.3 is 5.97 Å². The van der Waals surface area contributed by atoms with Crippen molar-refractivity contribution in [3.8, 4) is 0 Å². The van der Waals surface area contributed by atoms with E-state index in [1.165, 1.54) is 0 Å².